The Kier molecular flexibility index (Phi) is 5.84. The van der Waals surface area contributed by atoms with E-state index >= 15 is 0 Å². The minimum absolute atomic E-state index is 0.164. The van der Waals surface area contributed by atoms with Gasteiger partial charge in [0.05, 0.1) is 17.7 Å². The van der Waals surface area contributed by atoms with Crippen molar-refractivity contribution in [2.45, 2.75) is 76.9 Å². The minimum Gasteiger partial charge on any atom is -0.478 e. The van der Waals surface area contributed by atoms with Crippen molar-refractivity contribution in [2.24, 2.45) is 39.3 Å². The van der Waals surface area contributed by atoms with E-state index in [-0.39, 0.29) is 22.3 Å². The first-order valence-corrected chi connectivity index (χ1v) is 12.9. The number of carboxylic acids is 1. The number of hydrogen-bond acceptors (Lipinski definition) is 4. The number of carbonyl (C=O) groups is 1. The van der Waals surface area contributed by atoms with Crippen molar-refractivity contribution in [3.05, 3.63) is 23.4 Å². The Morgan fingerprint density at radius 2 is 2.03 bits per heavy atom. The highest BCUT2D eigenvalue weighted by atomic mass is 16.4. The van der Waals surface area contributed by atoms with Gasteiger partial charge in [-0.15, -0.1) is 0 Å². The maximum atomic E-state index is 12.2. The summed E-state index contributed by atoms with van der Waals surface area (Å²) in [5.74, 6) is 0.612. The molecule has 0 aromatic rings. The molecular weight excluding hydrogens is 416 g/mol. The molecule has 6 unspecified atom stereocenters. The molecule has 0 saturated heterocycles. The standard InChI is InChI=1S/C26H40N4O3/c1-16-8-9-17-12-20-22(23(32)33)21(31)13-25(16,20)26(17)15-30(11-10-18(26)14-28-2)24(27)29-19-6-4-3-5-7-19/h10-11,16-19,21,28,31H,3-9,12-15H2,1-2H3,(H2,27,29)(H,32,33). The molecule has 0 aromatic heterocycles. The first-order valence-electron chi connectivity index (χ1n) is 12.9. The largest absolute Gasteiger partial charge is 0.478 e. The number of nitrogens with zero attached hydrogens (tertiary/aromatic N) is 2. The van der Waals surface area contributed by atoms with Crippen LogP contribution in [0.4, 0.5) is 0 Å². The fraction of sp³-hybridized carbons (Fsp3) is 0.769. The van der Waals surface area contributed by atoms with Crippen molar-refractivity contribution in [1.29, 1.82) is 0 Å². The van der Waals surface area contributed by atoms with Crippen LogP contribution in [0.1, 0.15) is 64.7 Å². The van der Waals surface area contributed by atoms with Crippen LogP contribution >= 0.6 is 0 Å². The first kappa shape index (κ1) is 22.9. The van der Waals surface area contributed by atoms with Crippen LogP contribution in [-0.4, -0.2) is 59.3 Å². The summed E-state index contributed by atoms with van der Waals surface area (Å²) in [5, 5.41) is 24.4. The summed E-state index contributed by atoms with van der Waals surface area (Å²) in [6.07, 6.45) is 12.9. The molecular formula is C26H40N4O3. The van der Waals surface area contributed by atoms with Crippen molar-refractivity contribution in [1.82, 2.24) is 10.2 Å². The fourth-order valence-corrected chi connectivity index (χ4v) is 8.65. The lowest BCUT2D eigenvalue weighted by Crippen LogP contribution is -2.62. The molecule has 2 spiro atoms. The number of carboxylic acid groups (broad SMARTS) is 1. The highest BCUT2D eigenvalue weighted by Gasteiger charge is 2.72. The van der Waals surface area contributed by atoms with Gasteiger partial charge in [-0.05, 0) is 68.9 Å². The molecule has 2 bridgehead atoms. The number of aliphatic hydroxyl groups is 1. The molecule has 3 saturated carbocycles. The van der Waals surface area contributed by atoms with E-state index in [9.17, 15) is 15.0 Å². The molecule has 1 heterocycles. The van der Waals surface area contributed by atoms with E-state index in [1.54, 1.807) is 0 Å². The Hall–Kier alpha value is -1.86. The Balaban J connectivity index is 1.59. The zero-order valence-electron chi connectivity index (χ0n) is 20.1. The van der Waals surface area contributed by atoms with Gasteiger partial charge in [-0.3, -0.25) is 0 Å². The van der Waals surface area contributed by atoms with Gasteiger partial charge >= 0.3 is 5.97 Å². The highest BCUT2D eigenvalue weighted by molar-refractivity contribution is 5.90. The third kappa shape index (κ3) is 3.22. The van der Waals surface area contributed by atoms with Crippen LogP contribution in [0.5, 0.6) is 0 Å². The molecule has 3 fully saturated rings. The van der Waals surface area contributed by atoms with Gasteiger partial charge in [-0.2, -0.15) is 0 Å². The summed E-state index contributed by atoms with van der Waals surface area (Å²) in [5.41, 5.74) is 7.46. The van der Waals surface area contributed by atoms with Crippen LogP contribution < -0.4 is 11.1 Å². The molecule has 5 N–H and O–H groups in total. The predicted octanol–water partition coefficient (Wildman–Crippen LogP) is 2.87. The van der Waals surface area contributed by atoms with Gasteiger partial charge in [-0.25, -0.2) is 9.79 Å². The molecule has 1 aliphatic heterocycles. The van der Waals surface area contributed by atoms with Gasteiger partial charge in [0.1, 0.15) is 0 Å². The SMILES string of the molecule is CNCC1C=CN(C(N)=NC2CCCCC2)CC12C1CCC(C)C23CC(O)C(C(=O)O)=C3C1. The van der Waals surface area contributed by atoms with E-state index in [0.29, 0.717) is 30.3 Å². The van der Waals surface area contributed by atoms with Gasteiger partial charge < -0.3 is 26.2 Å². The fourth-order valence-electron chi connectivity index (χ4n) is 8.65. The first-order chi connectivity index (χ1) is 15.8. The second kappa shape index (κ2) is 8.42. The average Bonchev–Trinajstić information content (AvgIpc) is 3.16. The lowest BCUT2D eigenvalue weighted by molar-refractivity contribution is -0.133. The summed E-state index contributed by atoms with van der Waals surface area (Å²) in [6, 6.07) is 0.306. The maximum absolute atomic E-state index is 12.2. The minimum atomic E-state index is -0.948. The number of aliphatic imine (C=N–C) groups is 1. The molecule has 7 heteroatoms. The van der Waals surface area contributed by atoms with Gasteiger partial charge in [0, 0.05) is 30.1 Å². The van der Waals surface area contributed by atoms with Crippen LogP contribution in [0.25, 0.3) is 0 Å². The van der Waals surface area contributed by atoms with Gasteiger partial charge in [0.15, 0.2) is 5.96 Å². The van der Waals surface area contributed by atoms with E-state index in [1.165, 1.54) is 19.3 Å². The van der Waals surface area contributed by atoms with Crippen molar-refractivity contribution in [3.8, 4) is 0 Å². The number of nitrogens with one attached hydrogen (secondary N) is 1. The lowest BCUT2D eigenvalue weighted by Gasteiger charge is -2.60. The lowest BCUT2D eigenvalue weighted by atomic mass is 9.46. The normalized spacial score (nSPS) is 41.2. The van der Waals surface area contributed by atoms with Crippen LogP contribution in [-0.2, 0) is 4.79 Å². The third-order valence-electron chi connectivity index (χ3n) is 9.94. The molecule has 5 rings (SSSR count). The zero-order valence-corrected chi connectivity index (χ0v) is 20.1. The summed E-state index contributed by atoms with van der Waals surface area (Å²) in [4.78, 5) is 19.3. The monoisotopic (exact) mass is 456 g/mol. The number of rotatable bonds is 4. The number of hydrogen-bond donors (Lipinski definition) is 4. The van der Waals surface area contributed by atoms with Crippen LogP contribution in [0.3, 0.4) is 0 Å². The van der Waals surface area contributed by atoms with Crippen LogP contribution in [0, 0.1) is 28.6 Å². The van der Waals surface area contributed by atoms with Crippen molar-refractivity contribution < 1.29 is 15.0 Å². The third-order valence-corrected chi connectivity index (χ3v) is 9.94. The number of allylic oxidation sites excluding steroid dienone is 1. The van der Waals surface area contributed by atoms with Crippen molar-refractivity contribution >= 4 is 11.9 Å². The van der Waals surface area contributed by atoms with E-state index in [2.05, 4.69) is 29.4 Å². The Bertz CT molecular complexity index is 892. The molecule has 0 aromatic carbocycles. The van der Waals surface area contributed by atoms with Crippen LogP contribution in [0.2, 0.25) is 0 Å². The van der Waals surface area contributed by atoms with E-state index in [1.807, 2.05) is 7.05 Å². The quantitative estimate of drug-likeness (QED) is 0.382. The molecule has 0 radical (unpaired) electrons. The van der Waals surface area contributed by atoms with Gasteiger partial charge in [0.2, 0.25) is 0 Å². The topological polar surface area (TPSA) is 111 Å². The van der Waals surface area contributed by atoms with E-state index in [4.69, 9.17) is 10.7 Å². The van der Waals surface area contributed by atoms with Crippen molar-refractivity contribution in [3.63, 3.8) is 0 Å². The van der Waals surface area contributed by atoms with E-state index < -0.39 is 12.1 Å². The smallest absolute Gasteiger partial charge is 0.334 e. The molecule has 33 heavy (non-hydrogen) atoms. The Morgan fingerprint density at radius 1 is 1.27 bits per heavy atom. The molecule has 7 nitrogen and oxygen atoms in total. The molecule has 182 valence electrons. The average molecular weight is 457 g/mol. The molecule has 0 amide bonds. The number of nitrogens with two attached hydrogens (primary N) is 1. The number of aliphatic hydroxyl groups excluding tert-OH is 1. The maximum Gasteiger partial charge on any atom is 0.334 e. The summed E-state index contributed by atoms with van der Waals surface area (Å²) >= 11 is 0. The number of aliphatic carboxylic acids is 1. The van der Waals surface area contributed by atoms with Crippen LogP contribution in [0.15, 0.2) is 28.4 Å². The van der Waals surface area contributed by atoms with Gasteiger partial charge in [0.25, 0.3) is 0 Å². The molecule has 6 atom stereocenters. The summed E-state index contributed by atoms with van der Waals surface area (Å²) in [7, 11) is 1.99. The van der Waals surface area contributed by atoms with Crippen molar-refractivity contribution in [2.75, 3.05) is 20.1 Å². The second-order valence-corrected chi connectivity index (χ2v) is 11.2. The van der Waals surface area contributed by atoms with E-state index in [0.717, 1.165) is 50.8 Å². The molecule has 4 aliphatic carbocycles. The Labute approximate surface area is 197 Å². The summed E-state index contributed by atoms with van der Waals surface area (Å²) in [6.45, 7) is 3.86. The zero-order chi connectivity index (χ0) is 23.4. The molecule has 5 aliphatic rings. The highest BCUT2D eigenvalue weighted by Crippen LogP contribution is 2.75. The predicted molar refractivity (Wildman–Crippen MR) is 128 cm³/mol. The van der Waals surface area contributed by atoms with Gasteiger partial charge in [-0.1, -0.05) is 32.3 Å². The summed E-state index contributed by atoms with van der Waals surface area (Å²) < 4.78 is 0. The second-order valence-electron chi connectivity index (χ2n) is 11.2. The number of guanidine groups is 1. The Morgan fingerprint density at radius 3 is 2.73 bits per heavy atom.